The van der Waals surface area contributed by atoms with Crippen LogP contribution in [0.1, 0.15) is 0 Å². The first kappa shape index (κ1) is 8.25. The van der Waals surface area contributed by atoms with Gasteiger partial charge < -0.3 is 10.2 Å². The second-order valence-corrected chi connectivity index (χ2v) is 3.27. The molecule has 0 aliphatic heterocycles. The number of nitrogens with zero attached hydrogens (tertiary/aromatic N) is 2. The third-order valence-corrected chi connectivity index (χ3v) is 2.19. The third-order valence-electron chi connectivity index (χ3n) is 1.56. The van der Waals surface area contributed by atoms with Crippen molar-refractivity contribution in [2.75, 3.05) is 5.73 Å². The second kappa shape index (κ2) is 3.18. The average Bonchev–Trinajstić information content (AvgIpc) is 2.53. The van der Waals surface area contributed by atoms with E-state index < -0.39 is 0 Å². The molecular formula is C8H6BrN3O. The molecule has 13 heavy (non-hydrogen) atoms. The van der Waals surface area contributed by atoms with Gasteiger partial charge in [0, 0.05) is 22.4 Å². The molecule has 0 fully saturated rings. The predicted octanol–water partition coefficient (Wildman–Crippen LogP) is 2.08. The van der Waals surface area contributed by atoms with Crippen LogP contribution in [-0.2, 0) is 0 Å². The molecule has 0 aliphatic carbocycles. The maximum atomic E-state index is 5.36. The molecule has 2 rings (SSSR count). The van der Waals surface area contributed by atoms with Crippen LogP contribution in [0.15, 0.2) is 33.5 Å². The lowest BCUT2D eigenvalue weighted by Gasteiger charge is -1.97. The first-order chi connectivity index (χ1) is 6.27. The first-order valence-electron chi connectivity index (χ1n) is 3.58. The fraction of sp³-hybridized carbons (Fsp3) is 0. The molecule has 0 saturated carbocycles. The number of anilines is 1. The van der Waals surface area contributed by atoms with Crippen LogP contribution >= 0.6 is 15.9 Å². The summed E-state index contributed by atoms with van der Waals surface area (Å²) in [5, 5.41) is 0. The van der Waals surface area contributed by atoms with Gasteiger partial charge in [0.2, 0.25) is 0 Å². The van der Waals surface area contributed by atoms with Crippen molar-refractivity contribution in [3.05, 3.63) is 29.1 Å². The van der Waals surface area contributed by atoms with E-state index in [4.69, 9.17) is 10.2 Å². The summed E-state index contributed by atoms with van der Waals surface area (Å²) in [6, 6.07) is 1.99. The van der Waals surface area contributed by atoms with Crippen LogP contribution in [0.4, 0.5) is 6.01 Å². The normalized spacial score (nSPS) is 10.2. The summed E-state index contributed by atoms with van der Waals surface area (Å²) in [5.74, 6) is 0.631. The molecule has 4 nitrogen and oxygen atoms in total. The van der Waals surface area contributed by atoms with Crippen LogP contribution in [0, 0.1) is 0 Å². The van der Waals surface area contributed by atoms with Gasteiger partial charge in [-0.05, 0) is 22.0 Å². The summed E-state index contributed by atoms with van der Waals surface area (Å²) < 4.78 is 6.01. The number of nitrogens with two attached hydrogens (primary N) is 1. The van der Waals surface area contributed by atoms with Crippen molar-refractivity contribution in [3.63, 3.8) is 0 Å². The Bertz CT molecular complexity index is 427. The maximum Gasteiger partial charge on any atom is 0.292 e. The highest BCUT2D eigenvalue weighted by Gasteiger charge is 2.06. The lowest BCUT2D eigenvalue weighted by molar-refractivity contribution is 0.594. The number of hydrogen-bond donors (Lipinski definition) is 1. The summed E-state index contributed by atoms with van der Waals surface area (Å²) in [6.45, 7) is 0. The molecule has 2 heterocycles. The topological polar surface area (TPSA) is 64.9 Å². The van der Waals surface area contributed by atoms with Gasteiger partial charge >= 0.3 is 0 Å². The third kappa shape index (κ3) is 1.55. The summed E-state index contributed by atoms with van der Waals surface area (Å²) in [4.78, 5) is 7.74. The SMILES string of the molecule is Nc1ncc(-c2ccncc2Br)o1. The van der Waals surface area contributed by atoms with Crippen LogP contribution in [-0.4, -0.2) is 9.97 Å². The van der Waals surface area contributed by atoms with E-state index in [-0.39, 0.29) is 6.01 Å². The zero-order chi connectivity index (χ0) is 9.26. The monoisotopic (exact) mass is 239 g/mol. The predicted molar refractivity (Wildman–Crippen MR) is 51.8 cm³/mol. The molecule has 0 spiro atoms. The Morgan fingerprint density at radius 2 is 2.23 bits per heavy atom. The smallest absolute Gasteiger partial charge is 0.292 e. The number of oxazole rings is 1. The Labute approximate surface area is 82.9 Å². The van der Waals surface area contributed by atoms with Gasteiger partial charge in [0.05, 0.1) is 6.20 Å². The van der Waals surface area contributed by atoms with Crippen LogP contribution in [0.25, 0.3) is 11.3 Å². The fourth-order valence-corrected chi connectivity index (χ4v) is 1.43. The van der Waals surface area contributed by atoms with E-state index in [0.717, 1.165) is 10.0 Å². The Hall–Kier alpha value is -1.36. The first-order valence-corrected chi connectivity index (χ1v) is 4.38. The molecule has 2 aromatic heterocycles. The molecule has 0 amide bonds. The van der Waals surface area contributed by atoms with Gasteiger partial charge in [0.1, 0.15) is 0 Å². The van der Waals surface area contributed by atoms with Gasteiger partial charge in [-0.3, -0.25) is 4.98 Å². The molecule has 0 unspecified atom stereocenters. The average molecular weight is 240 g/mol. The Morgan fingerprint density at radius 3 is 2.85 bits per heavy atom. The van der Waals surface area contributed by atoms with Crippen molar-refractivity contribution < 1.29 is 4.42 Å². The molecule has 0 aromatic carbocycles. The zero-order valence-corrected chi connectivity index (χ0v) is 8.15. The molecule has 66 valence electrons. The maximum absolute atomic E-state index is 5.36. The van der Waals surface area contributed by atoms with Crippen LogP contribution < -0.4 is 5.73 Å². The van der Waals surface area contributed by atoms with E-state index in [2.05, 4.69) is 25.9 Å². The van der Waals surface area contributed by atoms with Crippen molar-refractivity contribution in [1.82, 2.24) is 9.97 Å². The number of rotatable bonds is 1. The van der Waals surface area contributed by atoms with Crippen molar-refractivity contribution >= 4 is 21.9 Å². The van der Waals surface area contributed by atoms with Crippen molar-refractivity contribution in [3.8, 4) is 11.3 Å². The summed E-state index contributed by atoms with van der Waals surface area (Å²) in [6.07, 6.45) is 4.95. The van der Waals surface area contributed by atoms with E-state index in [0.29, 0.717) is 5.76 Å². The van der Waals surface area contributed by atoms with E-state index in [9.17, 15) is 0 Å². The zero-order valence-electron chi connectivity index (χ0n) is 6.57. The van der Waals surface area contributed by atoms with Crippen LogP contribution in [0.3, 0.4) is 0 Å². The minimum Gasteiger partial charge on any atom is -0.424 e. The Morgan fingerprint density at radius 1 is 1.38 bits per heavy atom. The van der Waals surface area contributed by atoms with Gasteiger partial charge in [-0.15, -0.1) is 0 Å². The number of aromatic nitrogens is 2. The van der Waals surface area contributed by atoms with Gasteiger partial charge in [0.25, 0.3) is 6.01 Å². The van der Waals surface area contributed by atoms with Gasteiger partial charge in [-0.2, -0.15) is 0 Å². The molecule has 0 atom stereocenters. The highest BCUT2D eigenvalue weighted by molar-refractivity contribution is 9.10. The van der Waals surface area contributed by atoms with E-state index in [1.807, 2.05) is 6.07 Å². The molecule has 2 aromatic rings. The molecular weight excluding hydrogens is 234 g/mol. The standard InChI is InChI=1S/C8H6BrN3O/c9-6-3-11-2-1-5(6)7-4-12-8(10)13-7/h1-4H,(H2,10,12). The molecule has 5 heteroatoms. The van der Waals surface area contributed by atoms with E-state index in [1.54, 1.807) is 18.6 Å². The van der Waals surface area contributed by atoms with Crippen molar-refractivity contribution in [1.29, 1.82) is 0 Å². The van der Waals surface area contributed by atoms with Crippen LogP contribution in [0.5, 0.6) is 0 Å². The lowest BCUT2D eigenvalue weighted by Crippen LogP contribution is -1.80. The van der Waals surface area contributed by atoms with Gasteiger partial charge in [0.15, 0.2) is 5.76 Å². The Balaban J connectivity index is 2.52. The number of halogens is 1. The van der Waals surface area contributed by atoms with Crippen LogP contribution in [0.2, 0.25) is 0 Å². The molecule has 0 aliphatic rings. The second-order valence-electron chi connectivity index (χ2n) is 2.42. The number of hydrogen-bond acceptors (Lipinski definition) is 4. The largest absolute Gasteiger partial charge is 0.424 e. The molecule has 0 bridgehead atoms. The van der Waals surface area contributed by atoms with Crippen molar-refractivity contribution in [2.24, 2.45) is 0 Å². The lowest BCUT2D eigenvalue weighted by atomic mass is 10.2. The molecule has 0 saturated heterocycles. The summed E-state index contributed by atoms with van der Waals surface area (Å²) in [7, 11) is 0. The summed E-state index contributed by atoms with van der Waals surface area (Å²) >= 11 is 3.35. The quantitative estimate of drug-likeness (QED) is 0.828. The Kier molecular flexibility index (Phi) is 2.02. The molecule has 2 N–H and O–H groups in total. The highest BCUT2D eigenvalue weighted by atomic mass is 79.9. The number of nitrogen functional groups attached to an aromatic ring is 1. The van der Waals surface area contributed by atoms with E-state index >= 15 is 0 Å². The number of pyridine rings is 1. The van der Waals surface area contributed by atoms with Crippen molar-refractivity contribution in [2.45, 2.75) is 0 Å². The summed E-state index contributed by atoms with van der Waals surface area (Å²) in [5.41, 5.74) is 6.25. The molecule has 0 radical (unpaired) electrons. The van der Waals surface area contributed by atoms with E-state index in [1.165, 1.54) is 0 Å². The highest BCUT2D eigenvalue weighted by Crippen LogP contribution is 2.27. The van der Waals surface area contributed by atoms with Gasteiger partial charge in [-0.25, -0.2) is 4.98 Å². The fourth-order valence-electron chi connectivity index (χ4n) is 0.987. The minimum absolute atomic E-state index is 0.165. The van der Waals surface area contributed by atoms with Gasteiger partial charge in [-0.1, -0.05) is 0 Å². The minimum atomic E-state index is 0.165.